The molecule has 5 rings (SSSR count). The van der Waals surface area contributed by atoms with Gasteiger partial charge in [-0.05, 0) is 85.6 Å². The Morgan fingerprint density at radius 3 is 2.15 bits per heavy atom. The third kappa shape index (κ3) is 5.44. The zero-order valence-corrected chi connectivity index (χ0v) is 22.0. The van der Waals surface area contributed by atoms with Gasteiger partial charge in [0, 0.05) is 17.7 Å². The number of nitrogens with zero attached hydrogens (tertiary/aromatic N) is 2. The van der Waals surface area contributed by atoms with Crippen LogP contribution in [0.2, 0.25) is 0 Å². The largest absolute Gasteiger partial charge is 0.457 e. The molecule has 0 aliphatic carbocycles. The Balaban J connectivity index is 1.26. The van der Waals surface area contributed by atoms with E-state index >= 15 is 0 Å². The summed E-state index contributed by atoms with van der Waals surface area (Å²) < 4.78 is 11.0. The summed E-state index contributed by atoms with van der Waals surface area (Å²) in [7, 11) is 0. The van der Waals surface area contributed by atoms with Gasteiger partial charge in [0.2, 0.25) is 0 Å². The fourth-order valence-electron chi connectivity index (χ4n) is 4.28. The number of anilines is 1. The molecule has 10 nitrogen and oxygen atoms in total. The van der Waals surface area contributed by atoms with Crippen molar-refractivity contribution in [2.45, 2.75) is 13.8 Å². The number of imide groups is 1. The number of non-ortho nitro benzene ring substituents is 1. The third-order valence-corrected chi connectivity index (χ3v) is 6.52. The lowest BCUT2D eigenvalue weighted by Gasteiger charge is -2.15. The molecule has 0 aromatic heterocycles. The van der Waals surface area contributed by atoms with Gasteiger partial charge in [0.1, 0.15) is 11.5 Å². The van der Waals surface area contributed by atoms with Gasteiger partial charge in [-0.2, -0.15) is 0 Å². The van der Waals surface area contributed by atoms with E-state index in [-0.39, 0.29) is 27.9 Å². The first-order valence-corrected chi connectivity index (χ1v) is 12.4. The standard InChI is InChI=1S/C31H22N2O8/c1-18-3-4-19(2)28(15-18)41-24-12-10-22(11-13-24)32-29(35)25-14-7-21(16-26(25)30(32)36)31(37)40-17-27(34)20-5-8-23(9-6-20)33(38)39/h3-16H,17H2,1-2H3. The van der Waals surface area contributed by atoms with E-state index in [0.29, 0.717) is 17.2 Å². The van der Waals surface area contributed by atoms with Crippen molar-refractivity contribution >= 4 is 34.9 Å². The maximum absolute atomic E-state index is 13.2. The third-order valence-electron chi connectivity index (χ3n) is 6.52. The van der Waals surface area contributed by atoms with Gasteiger partial charge in [0.05, 0.1) is 27.3 Å². The molecule has 0 spiro atoms. The quantitative estimate of drug-likeness (QED) is 0.0878. The monoisotopic (exact) mass is 550 g/mol. The smallest absolute Gasteiger partial charge is 0.338 e. The molecule has 1 aliphatic rings. The maximum Gasteiger partial charge on any atom is 0.338 e. The first kappa shape index (κ1) is 26.9. The number of carbonyl (C=O) groups is 4. The lowest BCUT2D eigenvalue weighted by Crippen LogP contribution is -2.29. The van der Waals surface area contributed by atoms with Gasteiger partial charge in [-0.1, -0.05) is 12.1 Å². The molecule has 0 unspecified atom stereocenters. The molecule has 41 heavy (non-hydrogen) atoms. The number of aryl methyl sites for hydroxylation is 2. The van der Waals surface area contributed by atoms with Gasteiger partial charge in [0.25, 0.3) is 17.5 Å². The summed E-state index contributed by atoms with van der Waals surface area (Å²) in [6, 6.07) is 21.2. The molecule has 1 aliphatic heterocycles. The summed E-state index contributed by atoms with van der Waals surface area (Å²) in [5.74, 6) is -1.34. The fraction of sp³-hybridized carbons (Fsp3) is 0.0968. The second-order valence-electron chi connectivity index (χ2n) is 9.37. The number of ether oxygens (including phenoxy) is 2. The Hall–Kier alpha value is -5.64. The van der Waals surface area contributed by atoms with E-state index in [9.17, 15) is 29.3 Å². The molecular formula is C31H22N2O8. The molecule has 0 saturated carbocycles. The van der Waals surface area contributed by atoms with E-state index in [4.69, 9.17) is 9.47 Å². The SMILES string of the molecule is Cc1ccc(C)c(Oc2ccc(N3C(=O)c4ccc(C(=O)OCC(=O)c5ccc([N+](=O)[O-])cc5)cc4C3=O)cc2)c1. The molecule has 1 heterocycles. The summed E-state index contributed by atoms with van der Waals surface area (Å²) >= 11 is 0. The summed E-state index contributed by atoms with van der Waals surface area (Å²) in [6.07, 6.45) is 0. The lowest BCUT2D eigenvalue weighted by atomic mass is 10.1. The van der Waals surface area contributed by atoms with Crippen LogP contribution in [-0.4, -0.2) is 35.1 Å². The minimum Gasteiger partial charge on any atom is -0.457 e. The van der Waals surface area contributed by atoms with Gasteiger partial charge in [-0.3, -0.25) is 24.5 Å². The number of rotatable bonds is 8. The predicted octanol–water partition coefficient (Wildman–Crippen LogP) is 5.84. The fourth-order valence-corrected chi connectivity index (χ4v) is 4.28. The average Bonchev–Trinajstić information content (AvgIpc) is 3.22. The van der Waals surface area contributed by atoms with E-state index in [2.05, 4.69) is 0 Å². The van der Waals surface area contributed by atoms with Crippen molar-refractivity contribution in [1.82, 2.24) is 0 Å². The highest BCUT2D eigenvalue weighted by atomic mass is 16.6. The van der Waals surface area contributed by atoms with Crippen LogP contribution in [0.4, 0.5) is 11.4 Å². The minimum atomic E-state index is -0.866. The molecule has 0 N–H and O–H groups in total. The van der Waals surface area contributed by atoms with Crippen LogP contribution in [0.15, 0.2) is 84.9 Å². The van der Waals surface area contributed by atoms with Crippen molar-refractivity contribution in [3.63, 3.8) is 0 Å². The number of benzene rings is 4. The molecule has 10 heteroatoms. The normalized spacial score (nSPS) is 12.2. The van der Waals surface area contributed by atoms with Gasteiger partial charge < -0.3 is 9.47 Å². The second kappa shape index (κ2) is 10.9. The molecule has 4 aromatic carbocycles. The van der Waals surface area contributed by atoms with Crippen molar-refractivity contribution in [3.05, 3.63) is 128 Å². The predicted molar refractivity (Wildman–Crippen MR) is 148 cm³/mol. The molecule has 0 saturated heterocycles. The molecule has 0 bridgehead atoms. The summed E-state index contributed by atoms with van der Waals surface area (Å²) in [6.45, 7) is 3.29. The lowest BCUT2D eigenvalue weighted by molar-refractivity contribution is -0.384. The van der Waals surface area contributed by atoms with Crippen molar-refractivity contribution in [2.75, 3.05) is 11.5 Å². The molecular weight excluding hydrogens is 528 g/mol. The number of hydrogen-bond donors (Lipinski definition) is 0. The number of nitro benzene ring substituents is 1. The minimum absolute atomic E-state index is 0.0134. The van der Waals surface area contributed by atoms with Gasteiger partial charge in [0.15, 0.2) is 12.4 Å². The van der Waals surface area contributed by atoms with Crippen molar-refractivity contribution < 1.29 is 33.6 Å². The molecule has 0 fully saturated rings. The Labute approximate surface area is 233 Å². The van der Waals surface area contributed by atoms with Crippen LogP contribution in [0, 0.1) is 24.0 Å². The molecule has 2 amide bonds. The Bertz CT molecular complexity index is 1730. The van der Waals surface area contributed by atoms with Crippen molar-refractivity contribution in [1.29, 1.82) is 0 Å². The zero-order chi connectivity index (χ0) is 29.3. The van der Waals surface area contributed by atoms with Crippen LogP contribution in [-0.2, 0) is 4.74 Å². The van der Waals surface area contributed by atoms with E-state index in [1.807, 2.05) is 32.0 Å². The topological polar surface area (TPSA) is 133 Å². The summed E-state index contributed by atoms with van der Waals surface area (Å²) in [4.78, 5) is 62.4. The number of fused-ring (bicyclic) bond motifs is 1. The van der Waals surface area contributed by atoms with Crippen LogP contribution < -0.4 is 9.64 Å². The second-order valence-corrected chi connectivity index (χ2v) is 9.37. The Kier molecular flexibility index (Phi) is 7.13. The zero-order valence-electron chi connectivity index (χ0n) is 22.0. The number of nitro groups is 1. The Morgan fingerprint density at radius 1 is 0.805 bits per heavy atom. The van der Waals surface area contributed by atoms with Crippen LogP contribution in [0.3, 0.4) is 0 Å². The van der Waals surface area contributed by atoms with Gasteiger partial charge in [-0.25, -0.2) is 9.69 Å². The number of amides is 2. The van der Waals surface area contributed by atoms with E-state index in [1.165, 1.54) is 42.5 Å². The first-order chi connectivity index (χ1) is 19.6. The highest BCUT2D eigenvalue weighted by Gasteiger charge is 2.37. The average molecular weight is 551 g/mol. The van der Waals surface area contributed by atoms with Crippen LogP contribution in [0.5, 0.6) is 11.5 Å². The number of ketones is 1. The molecule has 0 radical (unpaired) electrons. The first-order valence-electron chi connectivity index (χ1n) is 12.4. The van der Waals surface area contributed by atoms with E-state index in [0.717, 1.165) is 16.0 Å². The summed E-state index contributed by atoms with van der Waals surface area (Å²) in [5, 5.41) is 10.8. The van der Waals surface area contributed by atoms with Gasteiger partial charge in [-0.15, -0.1) is 0 Å². The summed E-state index contributed by atoms with van der Waals surface area (Å²) in [5.41, 5.74) is 2.46. The highest BCUT2D eigenvalue weighted by molar-refractivity contribution is 6.34. The van der Waals surface area contributed by atoms with Crippen LogP contribution in [0.1, 0.15) is 52.6 Å². The maximum atomic E-state index is 13.2. The molecule has 4 aromatic rings. The van der Waals surface area contributed by atoms with E-state index < -0.39 is 35.1 Å². The Morgan fingerprint density at radius 2 is 1.46 bits per heavy atom. The number of hydrogen-bond acceptors (Lipinski definition) is 8. The molecule has 204 valence electrons. The number of carbonyl (C=O) groups excluding carboxylic acids is 4. The van der Waals surface area contributed by atoms with E-state index in [1.54, 1.807) is 24.3 Å². The molecule has 0 atom stereocenters. The van der Waals surface area contributed by atoms with Crippen molar-refractivity contribution in [3.8, 4) is 11.5 Å². The highest BCUT2D eigenvalue weighted by Crippen LogP contribution is 2.32. The number of esters is 1. The number of Topliss-reactive ketones (excluding diaryl/α,β-unsaturated/α-hetero) is 1. The van der Waals surface area contributed by atoms with Gasteiger partial charge >= 0.3 is 5.97 Å². The van der Waals surface area contributed by atoms with Crippen LogP contribution in [0.25, 0.3) is 0 Å². The van der Waals surface area contributed by atoms with Crippen LogP contribution >= 0.6 is 0 Å². The van der Waals surface area contributed by atoms with Crippen molar-refractivity contribution in [2.24, 2.45) is 0 Å².